The number of nitrogens with zero attached hydrogens (tertiary/aromatic N) is 2. The Hall–Kier alpha value is -3.89. The lowest BCUT2D eigenvalue weighted by molar-refractivity contribution is -0.131. The van der Waals surface area contributed by atoms with Crippen molar-refractivity contribution in [3.8, 4) is 5.75 Å². The van der Waals surface area contributed by atoms with Gasteiger partial charge in [0.1, 0.15) is 0 Å². The van der Waals surface area contributed by atoms with Gasteiger partial charge in [-0.05, 0) is 99.1 Å². The van der Waals surface area contributed by atoms with Crippen molar-refractivity contribution in [1.29, 1.82) is 0 Å². The van der Waals surface area contributed by atoms with Crippen LogP contribution in [0, 0.1) is 11.8 Å². The summed E-state index contributed by atoms with van der Waals surface area (Å²) in [6, 6.07) is 22.8. The summed E-state index contributed by atoms with van der Waals surface area (Å²) < 4.78 is 28.1. The first-order valence-electron chi connectivity index (χ1n) is 15.6. The summed E-state index contributed by atoms with van der Waals surface area (Å²) in [4.78, 5) is 33.2. The molecule has 0 aromatic heterocycles. The predicted octanol–water partition coefficient (Wildman–Crippen LogP) is 5.01. The zero-order valence-corrected chi connectivity index (χ0v) is 25.9. The molecule has 0 saturated carbocycles. The van der Waals surface area contributed by atoms with Crippen molar-refractivity contribution in [1.82, 2.24) is 15.5 Å². The van der Waals surface area contributed by atoms with E-state index in [1.54, 1.807) is 54.6 Å². The van der Waals surface area contributed by atoms with E-state index in [4.69, 9.17) is 4.84 Å². The van der Waals surface area contributed by atoms with Crippen LogP contribution in [0.2, 0.25) is 0 Å². The van der Waals surface area contributed by atoms with Gasteiger partial charge in [-0.1, -0.05) is 60.1 Å². The number of carbonyl (C=O) groups is 2. The number of carbonyl (C=O) groups excluding carboxylic acids is 2. The van der Waals surface area contributed by atoms with E-state index in [-0.39, 0.29) is 22.9 Å². The Morgan fingerprint density at radius 1 is 0.818 bits per heavy atom. The number of benzene rings is 3. The van der Waals surface area contributed by atoms with Crippen molar-refractivity contribution < 1.29 is 22.8 Å². The molecule has 3 aromatic carbocycles. The van der Waals surface area contributed by atoms with Gasteiger partial charge in [-0.25, -0.2) is 0 Å². The number of sulfonamides is 1. The summed E-state index contributed by atoms with van der Waals surface area (Å²) in [5, 5.41) is 6.13. The predicted molar refractivity (Wildman–Crippen MR) is 171 cm³/mol. The van der Waals surface area contributed by atoms with Crippen molar-refractivity contribution in [2.24, 2.45) is 11.8 Å². The maximum Gasteiger partial charge on any atom is 0.295 e. The fourth-order valence-corrected chi connectivity index (χ4v) is 7.20. The third kappa shape index (κ3) is 8.39. The first-order valence-corrected chi connectivity index (χ1v) is 17.0. The highest BCUT2D eigenvalue weighted by Crippen LogP contribution is 2.27. The van der Waals surface area contributed by atoms with E-state index in [0.29, 0.717) is 17.4 Å². The average Bonchev–Trinajstić information content (AvgIpc) is 3.07. The highest BCUT2D eigenvalue weighted by molar-refractivity contribution is 7.92. The van der Waals surface area contributed by atoms with Crippen LogP contribution in [0.4, 0.5) is 5.69 Å². The first kappa shape index (κ1) is 31.5. The third-order valence-corrected chi connectivity index (χ3v) is 10.2. The van der Waals surface area contributed by atoms with Crippen LogP contribution in [-0.2, 0) is 14.8 Å². The summed E-state index contributed by atoms with van der Waals surface area (Å²) >= 11 is 0. The maximum atomic E-state index is 13.6. The molecule has 234 valence electrons. The Morgan fingerprint density at radius 3 is 2.05 bits per heavy atom. The molecule has 2 N–H and O–H groups in total. The van der Waals surface area contributed by atoms with Gasteiger partial charge in [-0.3, -0.25) is 9.59 Å². The van der Waals surface area contributed by atoms with Crippen LogP contribution in [0.1, 0.15) is 55.3 Å². The van der Waals surface area contributed by atoms with Crippen molar-refractivity contribution in [2.75, 3.05) is 37.2 Å². The standard InChI is InChI=1S/C34H42N4O5S/c39-33(37-24-20-28(21-25-37)9-7-8-27-18-22-35-23-19-27)26-36-34(40)29-14-16-32(17-15-29)44(41,42)38(30-10-3-1-4-11-30)43-31-12-5-2-6-13-31/h1-6,10-17,27-28,35H,7-9,18-26H2,(H,36,40). The number of hydrogen-bond acceptors (Lipinski definition) is 6. The SMILES string of the molecule is O=C(NCC(=O)N1CCC(CCCC2CCNCC2)CC1)c1ccc(S(=O)(=O)N(Oc2ccccc2)c2ccccc2)cc1. The highest BCUT2D eigenvalue weighted by Gasteiger charge is 2.28. The van der Waals surface area contributed by atoms with Crippen LogP contribution in [0.3, 0.4) is 0 Å². The molecule has 0 spiro atoms. The Balaban J connectivity index is 1.11. The van der Waals surface area contributed by atoms with Crippen LogP contribution >= 0.6 is 0 Å². The normalized spacial score (nSPS) is 16.3. The molecule has 0 aliphatic carbocycles. The molecule has 2 heterocycles. The Bertz CT molecular complexity index is 1450. The highest BCUT2D eigenvalue weighted by atomic mass is 32.2. The number of likely N-dealkylation sites (tertiary alicyclic amines) is 1. The van der Waals surface area contributed by atoms with Gasteiger partial charge < -0.3 is 20.4 Å². The van der Waals surface area contributed by atoms with E-state index >= 15 is 0 Å². The van der Waals surface area contributed by atoms with Crippen molar-refractivity contribution >= 4 is 27.5 Å². The zero-order chi connectivity index (χ0) is 30.8. The topological polar surface area (TPSA) is 108 Å². The van der Waals surface area contributed by atoms with Gasteiger partial charge >= 0.3 is 0 Å². The Labute approximate surface area is 260 Å². The number of hydrogen-bond donors (Lipinski definition) is 2. The number of nitrogens with one attached hydrogen (secondary N) is 2. The number of anilines is 1. The molecule has 10 heteroatoms. The maximum absolute atomic E-state index is 13.6. The van der Waals surface area contributed by atoms with Crippen molar-refractivity contribution in [3.05, 3.63) is 90.5 Å². The molecule has 3 aromatic rings. The van der Waals surface area contributed by atoms with Gasteiger partial charge in [0.2, 0.25) is 5.91 Å². The van der Waals surface area contributed by atoms with E-state index in [0.717, 1.165) is 49.4 Å². The number of piperidine rings is 2. The molecule has 44 heavy (non-hydrogen) atoms. The van der Waals surface area contributed by atoms with Crippen molar-refractivity contribution in [2.45, 2.75) is 49.8 Å². The average molecular weight is 619 g/mol. The minimum Gasteiger partial charge on any atom is -0.364 e. The number of amides is 2. The number of rotatable bonds is 12. The zero-order valence-electron chi connectivity index (χ0n) is 25.1. The lowest BCUT2D eigenvalue weighted by atomic mass is 9.87. The third-order valence-electron chi connectivity index (χ3n) is 8.58. The fraction of sp³-hybridized carbons (Fsp3) is 0.412. The van der Waals surface area contributed by atoms with Gasteiger partial charge in [-0.2, -0.15) is 8.42 Å². The van der Waals surface area contributed by atoms with E-state index in [1.165, 1.54) is 56.4 Å². The van der Waals surface area contributed by atoms with E-state index in [9.17, 15) is 18.0 Å². The van der Waals surface area contributed by atoms with E-state index in [2.05, 4.69) is 10.6 Å². The molecule has 2 fully saturated rings. The van der Waals surface area contributed by atoms with Gasteiger partial charge in [-0.15, -0.1) is 0 Å². The molecule has 2 saturated heterocycles. The molecule has 5 rings (SSSR count). The first-order chi connectivity index (χ1) is 21.4. The minimum atomic E-state index is -4.14. The monoisotopic (exact) mass is 618 g/mol. The summed E-state index contributed by atoms with van der Waals surface area (Å²) in [5.41, 5.74) is 0.595. The second kappa shape index (κ2) is 15.2. The Kier molecular flexibility index (Phi) is 10.9. The molecular formula is C34H42N4O5S. The molecule has 0 radical (unpaired) electrons. The van der Waals surface area contributed by atoms with Gasteiger partial charge in [0.25, 0.3) is 15.9 Å². The van der Waals surface area contributed by atoms with Crippen LogP contribution in [0.5, 0.6) is 5.75 Å². The van der Waals surface area contributed by atoms with Crippen LogP contribution in [-0.4, -0.2) is 57.9 Å². The minimum absolute atomic E-state index is 0.0384. The van der Waals surface area contributed by atoms with Crippen LogP contribution in [0.15, 0.2) is 89.8 Å². The fourth-order valence-electron chi connectivity index (χ4n) is 5.95. The quantitative estimate of drug-likeness (QED) is 0.276. The molecule has 9 nitrogen and oxygen atoms in total. The lowest BCUT2D eigenvalue weighted by Crippen LogP contribution is -2.44. The summed E-state index contributed by atoms with van der Waals surface area (Å²) in [5.74, 6) is 1.36. The van der Waals surface area contributed by atoms with Crippen molar-refractivity contribution in [3.63, 3.8) is 0 Å². The summed E-state index contributed by atoms with van der Waals surface area (Å²) in [6.07, 6.45) is 8.41. The van der Waals surface area contributed by atoms with Gasteiger partial charge in [0.05, 0.1) is 17.1 Å². The van der Waals surface area contributed by atoms with Gasteiger partial charge in [0.15, 0.2) is 5.75 Å². The van der Waals surface area contributed by atoms with E-state index < -0.39 is 15.9 Å². The Morgan fingerprint density at radius 2 is 1.41 bits per heavy atom. The van der Waals surface area contributed by atoms with Crippen LogP contribution < -0.4 is 19.9 Å². The molecule has 0 bridgehead atoms. The summed E-state index contributed by atoms with van der Waals surface area (Å²) in [7, 11) is -4.14. The second-order valence-electron chi connectivity index (χ2n) is 11.6. The molecule has 2 amide bonds. The summed E-state index contributed by atoms with van der Waals surface area (Å²) in [6.45, 7) is 3.65. The molecule has 2 aliphatic heterocycles. The smallest absolute Gasteiger partial charge is 0.295 e. The van der Waals surface area contributed by atoms with Gasteiger partial charge in [0, 0.05) is 18.7 Å². The molecule has 2 aliphatic rings. The molecule has 0 unspecified atom stereocenters. The van der Waals surface area contributed by atoms with E-state index in [1.807, 2.05) is 11.0 Å². The lowest BCUT2D eigenvalue weighted by Gasteiger charge is -2.32. The second-order valence-corrected chi connectivity index (χ2v) is 13.4. The largest absolute Gasteiger partial charge is 0.364 e. The molecule has 0 atom stereocenters. The molecular weight excluding hydrogens is 576 g/mol. The number of para-hydroxylation sites is 2. The van der Waals surface area contributed by atoms with Crippen LogP contribution in [0.25, 0.3) is 0 Å².